The molecule has 0 unspecified atom stereocenters. The van der Waals surface area contributed by atoms with Crippen LogP contribution in [0.3, 0.4) is 0 Å². The van der Waals surface area contributed by atoms with Crippen LogP contribution in [-0.4, -0.2) is 36.6 Å². The molecule has 21 heavy (non-hydrogen) atoms. The molecule has 1 saturated heterocycles. The molecule has 0 atom stereocenters. The zero-order chi connectivity index (χ0) is 14.9. The van der Waals surface area contributed by atoms with Gasteiger partial charge < -0.3 is 10.5 Å². The van der Waals surface area contributed by atoms with Crippen LogP contribution in [0.15, 0.2) is 24.3 Å². The number of nitrogen functional groups attached to an aromatic ring is 1. The minimum atomic E-state index is -0.281. The van der Waals surface area contributed by atoms with Gasteiger partial charge in [-0.3, -0.25) is 9.69 Å². The number of ether oxygens (including phenoxy) is 1. The number of hydrogen-bond acceptors (Lipinski definition) is 4. The Balaban J connectivity index is 1.55. The van der Waals surface area contributed by atoms with Crippen LogP contribution in [0.4, 0.5) is 5.69 Å². The van der Waals surface area contributed by atoms with Crippen molar-refractivity contribution in [2.75, 3.05) is 25.9 Å². The van der Waals surface area contributed by atoms with Gasteiger partial charge in [-0.05, 0) is 68.8 Å². The minimum absolute atomic E-state index is 0.0446. The molecule has 1 aliphatic carbocycles. The molecule has 114 valence electrons. The van der Waals surface area contributed by atoms with Crippen LogP contribution in [0.5, 0.6) is 0 Å². The number of hydrogen-bond donors (Lipinski definition) is 1. The third-order valence-electron chi connectivity index (χ3n) is 4.98. The fourth-order valence-electron chi connectivity index (χ4n) is 3.58. The first-order chi connectivity index (χ1) is 10.1. The first-order valence-electron chi connectivity index (χ1n) is 7.82. The van der Waals surface area contributed by atoms with E-state index in [2.05, 4.69) is 17.0 Å². The van der Waals surface area contributed by atoms with Crippen molar-refractivity contribution in [3.63, 3.8) is 0 Å². The van der Waals surface area contributed by atoms with Crippen LogP contribution in [0.2, 0.25) is 0 Å². The third kappa shape index (κ3) is 2.91. The Bertz CT molecular complexity index is 517. The Hall–Kier alpha value is -1.55. The molecule has 0 aromatic heterocycles. The molecule has 2 aliphatic rings. The van der Waals surface area contributed by atoms with Gasteiger partial charge in [0.15, 0.2) is 0 Å². The zero-order valence-electron chi connectivity index (χ0n) is 12.7. The van der Waals surface area contributed by atoms with E-state index in [9.17, 15) is 4.79 Å². The van der Waals surface area contributed by atoms with Gasteiger partial charge in [0.1, 0.15) is 5.54 Å². The summed E-state index contributed by atoms with van der Waals surface area (Å²) in [6.45, 7) is 2.00. The average Bonchev–Trinajstić information content (AvgIpc) is 3.29. The maximum absolute atomic E-state index is 11.9. The van der Waals surface area contributed by atoms with Gasteiger partial charge in [-0.15, -0.1) is 0 Å². The number of methoxy groups -OCH3 is 1. The molecule has 0 bridgehead atoms. The summed E-state index contributed by atoms with van der Waals surface area (Å²) in [7, 11) is 1.50. The van der Waals surface area contributed by atoms with Crippen LogP contribution in [-0.2, 0) is 16.0 Å². The summed E-state index contributed by atoms with van der Waals surface area (Å²) >= 11 is 0. The van der Waals surface area contributed by atoms with E-state index in [1.54, 1.807) is 0 Å². The second kappa shape index (κ2) is 5.68. The van der Waals surface area contributed by atoms with E-state index in [-0.39, 0.29) is 11.5 Å². The first kappa shape index (κ1) is 14.4. The van der Waals surface area contributed by atoms with Crippen molar-refractivity contribution in [2.45, 2.75) is 37.6 Å². The minimum Gasteiger partial charge on any atom is -0.468 e. The fraction of sp³-hybridized carbons (Fsp3) is 0.588. The number of esters is 1. The zero-order valence-corrected chi connectivity index (χ0v) is 12.7. The number of carbonyl (C=O) groups is 1. The molecule has 3 rings (SSSR count). The van der Waals surface area contributed by atoms with Gasteiger partial charge in [-0.2, -0.15) is 0 Å². The molecular formula is C17H24N2O2. The first-order valence-corrected chi connectivity index (χ1v) is 7.82. The highest BCUT2D eigenvalue weighted by Gasteiger charge is 2.56. The molecule has 0 spiro atoms. The second-order valence-electron chi connectivity index (χ2n) is 6.40. The Kier molecular flexibility index (Phi) is 3.89. The van der Waals surface area contributed by atoms with Crippen molar-refractivity contribution in [3.8, 4) is 0 Å². The van der Waals surface area contributed by atoms with Crippen LogP contribution in [0.25, 0.3) is 0 Å². The van der Waals surface area contributed by atoms with E-state index in [1.807, 2.05) is 12.1 Å². The van der Waals surface area contributed by atoms with Crippen molar-refractivity contribution in [1.29, 1.82) is 0 Å². The molecule has 2 fully saturated rings. The number of carbonyl (C=O) groups excluding carboxylic acids is 1. The van der Waals surface area contributed by atoms with Crippen LogP contribution >= 0.6 is 0 Å². The molecular weight excluding hydrogens is 264 g/mol. The van der Waals surface area contributed by atoms with Gasteiger partial charge in [-0.25, -0.2) is 0 Å². The van der Waals surface area contributed by atoms with E-state index in [4.69, 9.17) is 10.5 Å². The maximum Gasteiger partial charge on any atom is 0.326 e. The van der Waals surface area contributed by atoms with Crippen molar-refractivity contribution in [1.82, 2.24) is 4.90 Å². The molecule has 1 aromatic rings. The number of rotatable bonds is 4. The fourth-order valence-corrected chi connectivity index (χ4v) is 3.58. The van der Waals surface area contributed by atoms with Gasteiger partial charge in [0.25, 0.3) is 0 Å². The monoisotopic (exact) mass is 288 g/mol. The molecule has 4 heteroatoms. The maximum atomic E-state index is 11.9. The summed E-state index contributed by atoms with van der Waals surface area (Å²) in [6.07, 6.45) is 5.30. The van der Waals surface area contributed by atoms with Crippen molar-refractivity contribution in [3.05, 3.63) is 29.8 Å². The van der Waals surface area contributed by atoms with E-state index >= 15 is 0 Å². The molecule has 0 amide bonds. The summed E-state index contributed by atoms with van der Waals surface area (Å²) in [6, 6.07) is 8.18. The van der Waals surface area contributed by atoms with Crippen LogP contribution in [0.1, 0.15) is 31.2 Å². The Morgan fingerprint density at radius 1 is 1.38 bits per heavy atom. The topological polar surface area (TPSA) is 55.6 Å². The van der Waals surface area contributed by atoms with Gasteiger partial charge >= 0.3 is 5.97 Å². The van der Waals surface area contributed by atoms with Crippen molar-refractivity contribution in [2.24, 2.45) is 5.92 Å². The lowest BCUT2D eigenvalue weighted by molar-refractivity contribution is -0.149. The van der Waals surface area contributed by atoms with Gasteiger partial charge in [0.05, 0.1) is 7.11 Å². The molecule has 1 aliphatic heterocycles. The Morgan fingerprint density at radius 2 is 2.10 bits per heavy atom. The van der Waals surface area contributed by atoms with E-state index in [0.717, 1.165) is 50.9 Å². The third-order valence-corrected chi connectivity index (χ3v) is 4.98. The van der Waals surface area contributed by atoms with E-state index in [0.29, 0.717) is 5.92 Å². The lowest BCUT2D eigenvalue weighted by atomic mass is 9.89. The standard InChI is InChI=1S/C17H24N2O2/c1-21-16(20)17(7-8-17)19-9-5-13(6-10-19)11-14-3-2-4-15(18)12-14/h2-4,12-13H,5-11,18H2,1H3. The van der Waals surface area contributed by atoms with E-state index in [1.165, 1.54) is 12.7 Å². The lowest BCUT2D eigenvalue weighted by Crippen LogP contribution is -2.48. The second-order valence-corrected chi connectivity index (χ2v) is 6.40. The largest absolute Gasteiger partial charge is 0.468 e. The number of likely N-dealkylation sites (tertiary alicyclic amines) is 1. The quantitative estimate of drug-likeness (QED) is 0.682. The lowest BCUT2D eigenvalue weighted by Gasteiger charge is -2.36. The molecule has 4 nitrogen and oxygen atoms in total. The van der Waals surface area contributed by atoms with Gasteiger partial charge in [0.2, 0.25) is 0 Å². The summed E-state index contributed by atoms with van der Waals surface area (Å²) in [5.41, 5.74) is 7.72. The molecule has 1 saturated carbocycles. The summed E-state index contributed by atoms with van der Waals surface area (Å²) in [4.78, 5) is 14.3. The summed E-state index contributed by atoms with van der Waals surface area (Å²) in [5.74, 6) is 0.647. The SMILES string of the molecule is COC(=O)C1(N2CCC(Cc3cccc(N)c3)CC2)CC1. The predicted molar refractivity (Wildman–Crippen MR) is 82.8 cm³/mol. The number of benzene rings is 1. The highest BCUT2D eigenvalue weighted by Crippen LogP contribution is 2.44. The number of nitrogens with zero attached hydrogens (tertiary/aromatic N) is 1. The molecule has 1 heterocycles. The highest BCUT2D eigenvalue weighted by atomic mass is 16.5. The Morgan fingerprint density at radius 3 is 2.67 bits per heavy atom. The number of anilines is 1. The van der Waals surface area contributed by atoms with Crippen molar-refractivity contribution < 1.29 is 9.53 Å². The smallest absolute Gasteiger partial charge is 0.326 e. The molecule has 2 N–H and O–H groups in total. The van der Waals surface area contributed by atoms with E-state index < -0.39 is 0 Å². The van der Waals surface area contributed by atoms with Crippen LogP contribution in [0, 0.1) is 5.92 Å². The summed E-state index contributed by atoms with van der Waals surface area (Å²) < 4.78 is 4.97. The van der Waals surface area contributed by atoms with Crippen LogP contribution < -0.4 is 5.73 Å². The van der Waals surface area contributed by atoms with Gasteiger partial charge in [-0.1, -0.05) is 12.1 Å². The number of piperidine rings is 1. The highest BCUT2D eigenvalue weighted by molar-refractivity contribution is 5.84. The van der Waals surface area contributed by atoms with Gasteiger partial charge in [0, 0.05) is 5.69 Å². The predicted octanol–water partition coefficient (Wildman–Crippen LogP) is 2.23. The summed E-state index contributed by atoms with van der Waals surface area (Å²) in [5, 5.41) is 0. The van der Waals surface area contributed by atoms with Crippen molar-refractivity contribution >= 4 is 11.7 Å². The Labute approximate surface area is 126 Å². The average molecular weight is 288 g/mol. The normalized spacial score (nSPS) is 22.0. The number of nitrogens with two attached hydrogens (primary N) is 1. The molecule has 0 radical (unpaired) electrons. The molecule has 1 aromatic carbocycles.